The summed E-state index contributed by atoms with van der Waals surface area (Å²) >= 11 is 11.4. The highest BCUT2D eigenvalue weighted by atomic mass is 35.5. The molecule has 0 aliphatic carbocycles. The first-order valence-corrected chi connectivity index (χ1v) is 7.89. The normalized spacial score (nSPS) is 16.4. The summed E-state index contributed by atoms with van der Waals surface area (Å²) in [5.41, 5.74) is 1.48. The van der Waals surface area contributed by atoms with Crippen LogP contribution >= 0.6 is 23.8 Å². The van der Waals surface area contributed by atoms with Crippen molar-refractivity contribution >= 4 is 35.6 Å². The molecule has 2 aromatic rings. The van der Waals surface area contributed by atoms with Crippen molar-refractivity contribution in [1.29, 1.82) is 0 Å². The molecule has 0 bridgehead atoms. The number of H-pyrrole nitrogens is 2. The van der Waals surface area contributed by atoms with E-state index in [4.69, 9.17) is 28.6 Å². The summed E-state index contributed by atoms with van der Waals surface area (Å²) in [6.45, 7) is 1.73. The first-order chi connectivity index (χ1) is 11.4. The number of carbonyl (C=O) groups is 1. The minimum atomic E-state index is -0.669. The summed E-state index contributed by atoms with van der Waals surface area (Å²) in [5.74, 6) is -0.755. The van der Waals surface area contributed by atoms with Crippen molar-refractivity contribution in [3.05, 3.63) is 66.8 Å². The molecule has 6 nitrogen and oxygen atoms in total. The average molecular weight is 364 g/mol. The number of aromatic amines is 2. The van der Waals surface area contributed by atoms with E-state index in [-0.39, 0.29) is 10.3 Å². The highest BCUT2D eigenvalue weighted by Crippen LogP contribution is 2.41. The number of nitrogens with one attached hydrogen (secondary N) is 3. The van der Waals surface area contributed by atoms with Crippen LogP contribution in [0, 0.1) is 4.77 Å². The van der Waals surface area contributed by atoms with Crippen molar-refractivity contribution in [2.75, 3.05) is 12.4 Å². The number of methoxy groups -OCH3 is 1. The van der Waals surface area contributed by atoms with E-state index in [1.165, 1.54) is 7.11 Å². The number of ether oxygens (including phenoxy) is 1. The fourth-order valence-corrected chi connectivity index (χ4v) is 3.33. The number of hydrogen-bond donors (Lipinski definition) is 3. The molecule has 1 unspecified atom stereocenters. The minimum Gasteiger partial charge on any atom is -0.466 e. The van der Waals surface area contributed by atoms with E-state index >= 15 is 0 Å². The Hall–Kier alpha value is -2.38. The third-order valence-electron chi connectivity index (χ3n) is 3.89. The number of benzene rings is 1. The van der Waals surface area contributed by atoms with Crippen LogP contribution in [0.25, 0.3) is 0 Å². The van der Waals surface area contributed by atoms with E-state index in [1.807, 2.05) is 0 Å². The molecule has 1 aromatic heterocycles. The van der Waals surface area contributed by atoms with Crippen LogP contribution in [-0.4, -0.2) is 23.0 Å². The molecule has 1 atom stereocenters. The van der Waals surface area contributed by atoms with Gasteiger partial charge in [-0.3, -0.25) is 9.78 Å². The molecule has 3 N–H and O–H groups in total. The smallest absolute Gasteiger partial charge is 0.336 e. The summed E-state index contributed by atoms with van der Waals surface area (Å²) in [6, 6.07) is 7.07. The summed E-state index contributed by atoms with van der Waals surface area (Å²) in [5, 5.41) is 3.47. The van der Waals surface area contributed by atoms with Gasteiger partial charge in [0.15, 0.2) is 4.77 Å². The zero-order chi connectivity index (χ0) is 17.4. The van der Waals surface area contributed by atoms with Crippen molar-refractivity contribution in [2.24, 2.45) is 0 Å². The van der Waals surface area contributed by atoms with Gasteiger partial charge in [0, 0.05) is 10.7 Å². The van der Waals surface area contributed by atoms with E-state index in [9.17, 15) is 9.59 Å². The minimum absolute atomic E-state index is 0.193. The SMILES string of the molecule is COC(=O)C1=C(C)Nc2[nH]c(=S)[nH]c(=O)c2C1c1ccccc1Cl. The Kier molecular flexibility index (Phi) is 4.29. The Balaban J connectivity index is 2.37. The van der Waals surface area contributed by atoms with Gasteiger partial charge in [-0.25, -0.2) is 4.79 Å². The number of carbonyl (C=O) groups excluding carboxylic acids is 1. The van der Waals surface area contributed by atoms with E-state index in [1.54, 1.807) is 31.2 Å². The number of esters is 1. The maximum Gasteiger partial charge on any atom is 0.336 e. The zero-order valence-corrected chi connectivity index (χ0v) is 14.5. The van der Waals surface area contributed by atoms with Crippen LogP contribution in [0.15, 0.2) is 40.3 Å². The van der Waals surface area contributed by atoms with Crippen molar-refractivity contribution in [1.82, 2.24) is 9.97 Å². The van der Waals surface area contributed by atoms with Crippen molar-refractivity contribution in [3.8, 4) is 0 Å². The molecule has 0 saturated carbocycles. The van der Waals surface area contributed by atoms with Crippen LogP contribution in [0.5, 0.6) is 0 Å². The predicted molar refractivity (Wildman–Crippen MR) is 93.9 cm³/mol. The second kappa shape index (κ2) is 6.26. The highest BCUT2D eigenvalue weighted by Gasteiger charge is 2.36. The van der Waals surface area contributed by atoms with Gasteiger partial charge in [-0.2, -0.15) is 0 Å². The molecule has 0 spiro atoms. The maximum absolute atomic E-state index is 12.5. The number of halogens is 1. The van der Waals surface area contributed by atoms with Gasteiger partial charge < -0.3 is 15.0 Å². The molecule has 0 radical (unpaired) electrons. The van der Waals surface area contributed by atoms with Gasteiger partial charge in [-0.1, -0.05) is 29.8 Å². The van der Waals surface area contributed by atoms with Gasteiger partial charge >= 0.3 is 5.97 Å². The molecule has 2 heterocycles. The number of anilines is 1. The Bertz CT molecular complexity index is 977. The van der Waals surface area contributed by atoms with Crippen LogP contribution in [0.4, 0.5) is 5.82 Å². The highest BCUT2D eigenvalue weighted by molar-refractivity contribution is 7.71. The molecule has 8 heteroatoms. The van der Waals surface area contributed by atoms with Crippen LogP contribution in [0.1, 0.15) is 24.0 Å². The van der Waals surface area contributed by atoms with Crippen LogP contribution in [0.3, 0.4) is 0 Å². The Morgan fingerprint density at radius 3 is 2.67 bits per heavy atom. The Morgan fingerprint density at radius 1 is 1.29 bits per heavy atom. The Morgan fingerprint density at radius 2 is 2.00 bits per heavy atom. The standard InChI is InChI=1S/C16H14ClN3O3S/c1-7-10(15(22)23-2)11(8-5-3-4-6-9(8)17)12-13(18-7)19-16(24)20-14(12)21/h3-6,11H,1-2H3,(H3,18,19,20,21,24). The Labute approximate surface area is 147 Å². The van der Waals surface area contributed by atoms with E-state index in [2.05, 4.69) is 15.3 Å². The third kappa shape index (κ3) is 2.65. The summed E-state index contributed by atoms with van der Waals surface area (Å²) < 4.78 is 5.10. The van der Waals surface area contributed by atoms with Crippen LogP contribution in [0.2, 0.25) is 5.02 Å². The van der Waals surface area contributed by atoms with Gasteiger partial charge in [0.1, 0.15) is 5.82 Å². The zero-order valence-electron chi connectivity index (χ0n) is 12.9. The predicted octanol–water partition coefficient (Wildman–Crippen LogP) is 3.09. The largest absolute Gasteiger partial charge is 0.466 e. The number of rotatable bonds is 2. The molecule has 124 valence electrons. The van der Waals surface area contributed by atoms with Gasteiger partial charge in [0.05, 0.1) is 24.2 Å². The summed E-state index contributed by atoms with van der Waals surface area (Å²) in [4.78, 5) is 30.4. The van der Waals surface area contributed by atoms with Crippen LogP contribution in [-0.2, 0) is 9.53 Å². The molecule has 1 aliphatic rings. The molecule has 0 amide bonds. The lowest BCUT2D eigenvalue weighted by Gasteiger charge is -2.29. The number of aromatic nitrogens is 2. The first-order valence-electron chi connectivity index (χ1n) is 7.11. The molecule has 3 rings (SSSR count). The monoisotopic (exact) mass is 363 g/mol. The van der Waals surface area contributed by atoms with Crippen LogP contribution < -0.4 is 10.9 Å². The molecule has 0 fully saturated rings. The van der Waals surface area contributed by atoms with Crippen molar-refractivity contribution in [2.45, 2.75) is 12.8 Å². The van der Waals surface area contributed by atoms with E-state index in [0.29, 0.717) is 33.2 Å². The molecule has 24 heavy (non-hydrogen) atoms. The number of allylic oxidation sites excluding steroid dienone is 1. The summed E-state index contributed by atoms with van der Waals surface area (Å²) in [6.07, 6.45) is 0. The third-order valence-corrected chi connectivity index (χ3v) is 4.44. The van der Waals surface area contributed by atoms with E-state index < -0.39 is 11.9 Å². The van der Waals surface area contributed by atoms with Crippen molar-refractivity contribution < 1.29 is 9.53 Å². The van der Waals surface area contributed by atoms with Gasteiger partial charge in [0.25, 0.3) is 5.56 Å². The fraction of sp³-hybridized carbons (Fsp3) is 0.188. The number of fused-ring (bicyclic) bond motifs is 1. The molecule has 0 saturated heterocycles. The van der Waals surface area contributed by atoms with E-state index in [0.717, 1.165) is 0 Å². The lowest BCUT2D eigenvalue weighted by Crippen LogP contribution is -2.30. The molecular weight excluding hydrogens is 350 g/mol. The topological polar surface area (TPSA) is 87.0 Å². The van der Waals surface area contributed by atoms with Crippen molar-refractivity contribution in [3.63, 3.8) is 0 Å². The van der Waals surface area contributed by atoms with Gasteiger partial charge in [0.2, 0.25) is 0 Å². The maximum atomic E-state index is 12.5. The summed E-state index contributed by atoms with van der Waals surface area (Å²) in [7, 11) is 1.30. The quantitative estimate of drug-likeness (QED) is 0.563. The molecular formula is C16H14ClN3O3S. The average Bonchev–Trinajstić information content (AvgIpc) is 2.53. The fourth-order valence-electron chi connectivity index (χ4n) is 2.89. The molecule has 1 aliphatic heterocycles. The first kappa shape index (κ1) is 16.5. The second-order valence-corrected chi connectivity index (χ2v) is 6.12. The van der Waals surface area contributed by atoms with Gasteiger partial charge in [-0.05, 0) is 30.8 Å². The molecule has 1 aromatic carbocycles. The lowest BCUT2D eigenvalue weighted by atomic mass is 9.82. The second-order valence-electron chi connectivity index (χ2n) is 5.31. The lowest BCUT2D eigenvalue weighted by molar-refractivity contribution is -0.136. The van der Waals surface area contributed by atoms with Gasteiger partial charge in [-0.15, -0.1) is 0 Å². The number of hydrogen-bond acceptors (Lipinski definition) is 5.